The van der Waals surface area contributed by atoms with E-state index in [1.165, 1.54) is 18.3 Å². The fourth-order valence-electron chi connectivity index (χ4n) is 1.75. The molecule has 1 aromatic carbocycles. The molecular formula is C15H13Cl3N4O3S. The van der Waals surface area contributed by atoms with Gasteiger partial charge in [0.1, 0.15) is 11.4 Å². The SMILES string of the molecule is CCOC(=O)c1cnc(SCC(=O)Nc2cc(Cl)c(Cl)cc2Cl)nc1N. The van der Waals surface area contributed by atoms with E-state index in [0.717, 1.165) is 11.8 Å². The standard InChI is InChI=1S/C15H13Cl3N4O3S/c1-2-25-14(24)7-5-20-15(22-13(7)19)26-6-12(23)21-11-4-9(17)8(16)3-10(11)18/h3-5H,2,6H2,1H3,(H,21,23)(H2,19,20,22). The van der Waals surface area contributed by atoms with E-state index in [4.69, 9.17) is 45.3 Å². The Kier molecular flexibility index (Phi) is 7.33. The fraction of sp³-hybridized carbons (Fsp3) is 0.200. The number of nitrogens with one attached hydrogen (secondary N) is 1. The van der Waals surface area contributed by atoms with Crippen LogP contribution in [-0.2, 0) is 9.53 Å². The van der Waals surface area contributed by atoms with Gasteiger partial charge < -0.3 is 15.8 Å². The highest BCUT2D eigenvalue weighted by atomic mass is 35.5. The zero-order valence-corrected chi connectivity index (χ0v) is 16.5. The molecule has 0 saturated heterocycles. The summed E-state index contributed by atoms with van der Waals surface area (Å²) >= 11 is 18.8. The third kappa shape index (κ3) is 5.38. The Balaban J connectivity index is 1.98. The number of hydrogen-bond donors (Lipinski definition) is 2. The molecule has 3 N–H and O–H groups in total. The number of nitrogens with zero attached hydrogens (tertiary/aromatic N) is 2. The maximum absolute atomic E-state index is 12.1. The van der Waals surface area contributed by atoms with Crippen LogP contribution in [-0.4, -0.2) is 34.2 Å². The van der Waals surface area contributed by atoms with E-state index in [1.807, 2.05) is 0 Å². The molecule has 0 aliphatic heterocycles. The highest BCUT2D eigenvalue weighted by molar-refractivity contribution is 7.99. The number of thioether (sulfide) groups is 1. The second kappa shape index (κ2) is 9.27. The van der Waals surface area contributed by atoms with Crippen molar-refractivity contribution in [3.63, 3.8) is 0 Å². The van der Waals surface area contributed by atoms with E-state index < -0.39 is 5.97 Å². The molecule has 1 aromatic heterocycles. The van der Waals surface area contributed by atoms with E-state index >= 15 is 0 Å². The van der Waals surface area contributed by atoms with Crippen molar-refractivity contribution >= 4 is 69.9 Å². The summed E-state index contributed by atoms with van der Waals surface area (Å²) in [6.45, 7) is 1.89. The summed E-state index contributed by atoms with van der Waals surface area (Å²) in [5.74, 6) is -0.983. The van der Waals surface area contributed by atoms with Crippen molar-refractivity contribution in [3.05, 3.63) is 39.0 Å². The van der Waals surface area contributed by atoms with Gasteiger partial charge in [0.05, 0.1) is 33.1 Å². The van der Waals surface area contributed by atoms with Crippen molar-refractivity contribution in [1.82, 2.24) is 9.97 Å². The van der Waals surface area contributed by atoms with Crippen molar-refractivity contribution in [1.29, 1.82) is 0 Å². The molecule has 138 valence electrons. The van der Waals surface area contributed by atoms with Gasteiger partial charge in [-0.2, -0.15) is 0 Å². The first-order valence-electron chi connectivity index (χ1n) is 7.18. The van der Waals surface area contributed by atoms with E-state index in [1.54, 1.807) is 6.92 Å². The van der Waals surface area contributed by atoms with Crippen molar-refractivity contribution in [2.24, 2.45) is 0 Å². The number of carbonyl (C=O) groups excluding carboxylic acids is 2. The first-order valence-corrected chi connectivity index (χ1v) is 9.30. The number of benzene rings is 1. The lowest BCUT2D eigenvalue weighted by Crippen LogP contribution is -2.15. The second-order valence-corrected chi connectivity index (χ2v) is 6.92. The maximum Gasteiger partial charge on any atom is 0.343 e. The summed E-state index contributed by atoms with van der Waals surface area (Å²) < 4.78 is 4.84. The monoisotopic (exact) mass is 434 g/mol. The highest BCUT2D eigenvalue weighted by Gasteiger charge is 2.15. The van der Waals surface area contributed by atoms with Gasteiger partial charge in [0.15, 0.2) is 5.16 Å². The zero-order valence-electron chi connectivity index (χ0n) is 13.4. The predicted octanol–water partition coefficient (Wildman–Crippen LogP) is 3.93. The van der Waals surface area contributed by atoms with Gasteiger partial charge >= 0.3 is 5.97 Å². The number of hydrogen-bond acceptors (Lipinski definition) is 7. The summed E-state index contributed by atoms with van der Waals surface area (Å²) in [4.78, 5) is 31.7. The lowest BCUT2D eigenvalue weighted by atomic mass is 10.3. The van der Waals surface area contributed by atoms with Gasteiger partial charge in [-0.15, -0.1) is 0 Å². The number of rotatable bonds is 6. The molecule has 0 spiro atoms. The molecule has 0 bridgehead atoms. The molecule has 2 rings (SSSR count). The number of aromatic nitrogens is 2. The number of halogens is 3. The number of esters is 1. The summed E-state index contributed by atoms with van der Waals surface area (Å²) in [6.07, 6.45) is 1.26. The van der Waals surface area contributed by atoms with Crippen LogP contribution in [0, 0.1) is 0 Å². The predicted molar refractivity (Wildman–Crippen MR) is 103 cm³/mol. The van der Waals surface area contributed by atoms with Gasteiger partial charge in [0.2, 0.25) is 5.91 Å². The number of anilines is 2. The summed E-state index contributed by atoms with van der Waals surface area (Å²) in [5.41, 5.74) is 6.13. The summed E-state index contributed by atoms with van der Waals surface area (Å²) in [6, 6.07) is 2.89. The normalized spacial score (nSPS) is 10.5. The largest absolute Gasteiger partial charge is 0.462 e. The first-order chi connectivity index (χ1) is 12.3. The number of nitrogens with two attached hydrogens (primary N) is 1. The van der Waals surface area contributed by atoms with Crippen molar-refractivity contribution in [2.75, 3.05) is 23.4 Å². The first kappa shape index (κ1) is 20.6. The Labute approximate surface area is 168 Å². The van der Waals surface area contributed by atoms with Gasteiger partial charge in [-0.05, 0) is 19.1 Å². The summed E-state index contributed by atoms with van der Waals surface area (Å²) in [5, 5.41) is 3.67. The van der Waals surface area contributed by atoms with Crippen LogP contribution in [0.2, 0.25) is 15.1 Å². The van der Waals surface area contributed by atoms with E-state index in [9.17, 15) is 9.59 Å². The van der Waals surface area contributed by atoms with E-state index in [-0.39, 0.29) is 49.9 Å². The Hall–Kier alpha value is -1.74. The quantitative estimate of drug-likeness (QED) is 0.306. The van der Waals surface area contributed by atoms with Crippen LogP contribution >= 0.6 is 46.6 Å². The van der Waals surface area contributed by atoms with Crippen molar-refractivity contribution in [3.8, 4) is 0 Å². The van der Waals surface area contributed by atoms with Crippen LogP contribution in [0.5, 0.6) is 0 Å². The molecule has 0 atom stereocenters. The maximum atomic E-state index is 12.1. The van der Waals surface area contributed by atoms with Crippen LogP contribution < -0.4 is 11.1 Å². The van der Waals surface area contributed by atoms with Gasteiger partial charge in [-0.25, -0.2) is 14.8 Å². The molecule has 1 amide bonds. The third-order valence-electron chi connectivity index (χ3n) is 2.91. The molecule has 0 saturated carbocycles. The lowest BCUT2D eigenvalue weighted by molar-refractivity contribution is -0.113. The number of amides is 1. The van der Waals surface area contributed by atoms with Gasteiger partial charge in [0.25, 0.3) is 0 Å². The van der Waals surface area contributed by atoms with Crippen molar-refractivity contribution in [2.45, 2.75) is 12.1 Å². The van der Waals surface area contributed by atoms with E-state index in [0.29, 0.717) is 5.69 Å². The smallest absolute Gasteiger partial charge is 0.343 e. The molecule has 0 aliphatic carbocycles. The minimum Gasteiger partial charge on any atom is -0.462 e. The molecule has 11 heteroatoms. The van der Waals surface area contributed by atoms with Crippen LogP contribution in [0.3, 0.4) is 0 Å². The Morgan fingerprint density at radius 3 is 2.58 bits per heavy atom. The van der Waals surface area contributed by atoms with E-state index in [2.05, 4.69) is 15.3 Å². The minimum absolute atomic E-state index is 0.00519. The second-order valence-electron chi connectivity index (χ2n) is 4.75. The molecule has 26 heavy (non-hydrogen) atoms. The average Bonchev–Trinajstić information content (AvgIpc) is 2.58. The molecule has 0 aliphatic rings. The molecule has 0 radical (unpaired) electrons. The fourth-order valence-corrected chi connectivity index (χ4v) is 2.97. The topological polar surface area (TPSA) is 107 Å². The van der Waals surface area contributed by atoms with Crippen LogP contribution in [0.25, 0.3) is 0 Å². The van der Waals surface area contributed by atoms with Crippen molar-refractivity contribution < 1.29 is 14.3 Å². The number of ether oxygens (including phenoxy) is 1. The average molecular weight is 436 g/mol. The third-order valence-corrected chi connectivity index (χ3v) is 4.80. The Morgan fingerprint density at radius 2 is 1.92 bits per heavy atom. The van der Waals surface area contributed by atoms with Gasteiger partial charge in [0, 0.05) is 6.20 Å². The van der Waals surface area contributed by atoms with Gasteiger partial charge in [-0.1, -0.05) is 46.6 Å². The van der Waals surface area contributed by atoms with Gasteiger partial charge in [-0.3, -0.25) is 4.79 Å². The zero-order chi connectivity index (χ0) is 19.3. The Bertz CT molecular complexity index is 851. The molecule has 2 aromatic rings. The van der Waals surface area contributed by atoms with Crippen LogP contribution in [0.15, 0.2) is 23.5 Å². The summed E-state index contributed by atoms with van der Waals surface area (Å²) in [7, 11) is 0. The van der Waals surface area contributed by atoms with Crippen LogP contribution in [0.4, 0.5) is 11.5 Å². The number of carbonyl (C=O) groups is 2. The van der Waals surface area contributed by atoms with Crippen LogP contribution in [0.1, 0.15) is 17.3 Å². The lowest BCUT2D eigenvalue weighted by Gasteiger charge is -2.09. The molecular weight excluding hydrogens is 423 g/mol. The highest BCUT2D eigenvalue weighted by Crippen LogP contribution is 2.32. The molecule has 0 fully saturated rings. The minimum atomic E-state index is -0.603. The molecule has 7 nitrogen and oxygen atoms in total. The molecule has 0 unspecified atom stereocenters. The Morgan fingerprint density at radius 1 is 1.23 bits per heavy atom. The number of nitrogen functional groups attached to an aromatic ring is 1. The molecule has 1 heterocycles.